The fourth-order valence-electron chi connectivity index (χ4n) is 1.55. The zero-order chi connectivity index (χ0) is 13.5. The molecule has 1 aromatic carbocycles. The summed E-state index contributed by atoms with van der Waals surface area (Å²) in [5.41, 5.74) is 2.92. The predicted octanol–water partition coefficient (Wildman–Crippen LogP) is 2.15. The number of hydrogen-bond donors (Lipinski definition) is 2. The number of aliphatic hydroxyl groups is 1. The molecule has 0 spiro atoms. The maximum absolute atomic E-state index is 11.9. The summed E-state index contributed by atoms with van der Waals surface area (Å²) in [7, 11) is 0. The lowest BCUT2D eigenvalue weighted by Crippen LogP contribution is -2.32. The van der Waals surface area contributed by atoms with E-state index in [0.29, 0.717) is 18.5 Å². The van der Waals surface area contributed by atoms with Crippen LogP contribution in [0.15, 0.2) is 18.2 Å². The Hall–Kier alpha value is -1.00. The van der Waals surface area contributed by atoms with Crippen LogP contribution < -0.4 is 5.32 Å². The third-order valence-electron chi connectivity index (χ3n) is 2.92. The summed E-state index contributed by atoms with van der Waals surface area (Å²) in [6.07, 6.45) is 2.24. The highest BCUT2D eigenvalue weighted by Crippen LogP contribution is 2.09. The van der Waals surface area contributed by atoms with E-state index in [1.54, 1.807) is 11.8 Å². The second kappa shape index (κ2) is 7.44. The first-order valence-electron chi connectivity index (χ1n) is 6.07. The van der Waals surface area contributed by atoms with Crippen molar-refractivity contribution in [2.45, 2.75) is 26.4 Å². The van der Waals surface area contributed by atoms with Crippen LogP contribution in [0.4, 0.5) is 0 Å². The molecule has 0 saturated carbocycles. The molecule has 0 aliphatic rings. The number of carbonyl (C=O) groups is 1. The van der Waals surface area contributed by atoms with Crippen LogP contribution in [0.2, 0.25) is 0 Å². The van der Waals surface area contributed by atoms with Gasteiger partial charge in [0.25, 0.3) is 5.91 Å². The van der Waals surface area contributed by atoms with Crippen molar-refractivity contribution in [2.24, 2.45) is 0 Å². The van der Waals surface area contributed by atoms with Gasteiger partial charge in [0.05, 0.1) is 6.10 Å². The summed E-state index contributed by atoms with van der Waals surface area (Å²) < 4.78 is 0. The van der Waals surface area contributed by atoms with Gasteiger partial charge in [0, 0.05) is 12.1 Å². The SMILES string of the molecule is CSCCC(O)CNC(=O)c1ccc(C)c(C)c1. The van der Waals surface area contributed by atoms with Gasteiger partial charge in [-0.1, -0.05) is 6.07 Å². The molecule has 0 aromatic heterocycles. The molecule has 1 amide bonds. The topological polar surface area (TPSA) is 49.3 Å². The van der Waals surface area contributed by atoms with E-state index in [2.05, 4.69) is 5.32 Å². The standard InChI is InChI=1S/C14H21NO2S/c1-10-4-5-12(8-11(10)2)14(17)15-9-13(16)6-7-18-3/h4-5,8,13,16H,6-7,9H2,1-3H3,(H,15,17). The number of hydrogen-bond acceptors (Lipinski definition) is 3. The second-order valence-electron chi connectivity index (χ2n) is 4.44. The van der Waals surface area contributed by atoms with Crippen molar-refractivity contribution < 1.29 is 9.90 Å². The summed E-state index contributed by atoms with van der Waals surface area (Å²) in [5, 5.41) is 12.4. The summed E-state index contributed by atoms with van der Waals surface area (Å²) in [5.74, 6) is 0.780. The van der Waals surface area contributed by atoms with E-state index >= 15 is 0 Å². The van der Waals surface area contributed by atoms with E-state index in [4.69, 9.17) is 0 Å². The van der Waals surface area contributed by atoms with Crippen molar-refractivity contribution in [3.05, 3.63) is 34.9 Å². The minimum Gasteiger partial charge on any atom is -0.391 e. The molecular formula is C14H21NO2S. The Balaban J connectivity index is 2.47. The van der Waals surface area contributed by atoms with Gasteiger partial charge < -0.3 is 10.4 Å². The molecule has 0 saturated heterocycles. The van der Waals surface area contributed by atoms with Crippen LogP contribution in [-0.2, 0) is 0 Å². The van der Waals surface area contributed by atoms with Crippen LogP contribution in [0.25, 0.3) is 0 Å². The fourth-order valence-corrected chi connectivity index (χ4v) is 2.06. The molecule has 0 aliphatic carbocycles. The minimum atomic E-state index is -0.465. The number of carbonyl (C=O) groups excluding carboxylic acids is 1. The van der Waals surface area contributed by atoms with E-state index in [9.17, 15) is 9.90 Å². The average Bonchev–Trinajstić information content (AvgIpc) is 2.36. The highest BCUT2D eigenvalue weighted by molar-refractivity contribution is 7.98. The summed E-state index contributed by atoms with van der Waals surface area (Å²) >= 11 is 1.69. The molecule has 1 rings (SSSR count). The summed E-state index contributed by atoms with van der Waals surface area (Å²) in [6, 6.07) is 5.62. The molecule has 0 fully saturated rings. The number of aliphatic hydroxyl groups excluding tert-OH is 1. The quantitative estimate of drug-likeness (QED) is 0.830. The predicted molar refractivity (Wildman–Crippen MR) is 77.3 cm³/mol. The lowest BCUT2D eigenvalue weighted by Gasteiger charge is -2.11. The molecule has 4 heteroatoms. The molecule has 0 bridgehead atoms. The molecular weight excluding hydrogens is 246 g/mol. The van der Waals surface area contributed by atoms with E-state index in [0.717, 1.165) is 11.3 Å². The van der Waals surface area contributed by atoms with E-state index < -0.39 is 6.10 Å². The van der Waals surface area contributed by atoms with Gasteiger partial charge in [0.15, 0.2) is 0 Å². The van der Waals surface area contributed by atoms with Crippen molar-refractivity contribution in [3.8, 4) is 0 Å². The molecule has 0 heterocycles. The molecule has 0 radical (unpaired) electrons. The third kappa shape index (κ3) is 4.70. The van der Waals surface area contributed by atoms with Gasteiger partial charge in [0.1, 0.15) is 0 Å². The van der Waals surface area contributed by atoms with Gasteiger partial charge >= 0.3 is 0 Å². The van der Waals surface area contributed by atoms with Gasteiger partial charge in [-0.3, -0.25) is 4.79 Å². The van der Waals surface area contributed by atoms with Gasteiger partial charge in [-0.2, -0.15) is 11.8 Å². The van der Waals surface area contributed by atoms with Crippen LogP contribution in [0.1, 0.15) is 27.9 Å². The van der Waals surface area contributed by atoms with Gasteiger partial charge in [-0.05, 0) is 55.5 Å². The Morgan fingerprint density at radius 3 is 2.72 bits per heavy atom. The van der Waals surface area contributed by atoms with E-state index in [-0.39, 0.29) is 5.91 Å². The van der Waals surface area contributed by atoms with Gasteiger partial charge in [-0.25, -0.2) is 0 Å². The average molecular weight is 267 g/mol. The molecule has 2 N–H and O–H groups in total. The molecule has 0 aliphatic heterocycles. The second-order valence-corrected chi connectivity index (χ2v) is 5.43. The number of rotatable bonds is 6. The monoisotopic (exact) mass is 267 g/mol. The Kier molecular flexibility index (Phi) is 6.22. The number of thioether (sulfide) groups is 1. The first-order valence-corrected chi connectivity index (χ1v) is 7.46. The zero-order valence-corrected chi connectivity index (χ0v) is 12.0. The fraction of sp³-hybridized carbons (Fsp3) is 0.500. The zero-order valence-electron chi connectivity index (χ0n) is 11.2. The molecule has 18 heavy (non-hydrogen) atoms. The molecule has 3 nitrogen and oxygen atoms in total. The van der Waals surface area contributed by atoms with Crippen LogP contribution >= 0.6 is 11.8 Å². The smallest absolute Gasteiger partial charge is 0.251 e. The summed E-state index contributed by atoms with van der Waals surface area (Å²) in [6.45, 7) is 4.31. The number of benzene rings is 1. The van der Waals surface area contributed by atoms with Crippen LogP contribution in [0.5, 0.6) is 0 Å². The van der Waals surface area contributed by atoms with Crippen LogP contribution in [0.3, 0.4) is 0 Å². The van der Waals surface area contributed by atoms with Gasteiger partial charge in [-0.15, -0.1) is 0 Å². The minimum absolute atomic E-state index is 0.124. The maximum Gasteiger partial charge on any atom is 0.251 e. The first-order chi connectivity index (χ1) is 8.54. The highest BCUT2D eigenvalue weighted by atomic mass is 32.2. The normalized spacial score (nSPS) is 12.2. The summed E-state index contributed by atoms with van der Waals surface area (Å²) in [4.78, 5) is 11.9. The van der Waals surface area contributed by atoms with Crippen LogP contribution in [-0.4, -0.2) is 35.7 Å². The lowest BCUT2D eigenvalue weighted by atomic mass is 10.1. The van der Waals surface area contributed by atoms with E-state index in [1.807, 2.05) is 38.3 Å². The van der Waals surface area contributed by atoms with Crippen molar-refractivity contribution in [1.82, 2.24) is 5.32 Å². The van der Waals surface area contributed by atoms with Crippen molar-refractivity contribution in [3.63, 3.8) is 0 Å². The lowest BCUT2D eigenvalue weighted by molar-refractivity contribution is 0.0914. The Bertz CT molecular complexity index is 407. The van der Waals surface area contributed by atoms with Crippen molar-refractivity contribution >= 4 is 17.7 Å². The molecule has 1 unspecified atom stereocenters. The highest BCUT2D eigenvalue weighted by Gasteiger charge is 2.09. The largest absolute Gasteiger partial charge is 0.391 e. The van der Waals surface area contributed by atoms with Crippen molar-refractivity contribution in [2.75, 3.05) is 18.6 Å². The Morgan fingerprint density at radius 1 is 1.39 bits per heavy atom. The number of aryl methyl sites for hydroxylation is 2. The Labute approximate surface area is 113 Å². The van der Waals surface area contributed by atoms with Crippen LogP contribution in [0, 0.1) is 13.8 Å². The maximum atomic E-state index is 11.9. The third-order valence-corrected chi connectivity index (χ3v) is 3.57. The molecule has 100 valence electrons. The number of nitrogens with one attached hydrogen (secondary N) is 1. The van der Waals surface area contributed by atoms with Gasteiger partial charge in [0.2, 0.25) is 0 Å². The Morgan fingerprint density at radius 2 is 2.11 bits per heavy atom. The van der Waals surface area contributed by atoms with Crippen molar-refractivity contribution in [1.29, 1.82) is 0 Å². The molecule has 1 aromatic rings. The number of amides is 1. The molecule has 1 atom stereocenters. The van der Waals surface area contributed by atoms with E-state index in [1.165, 1.54) is 5.56 Å². The first kappa shape index (κ1) is 15.1.